The van der Waals surface area contributed by atoms with Crippen molar-refractivity contribution in [2.45, 2.75) is 24.9 Å². The Bertz CT molecular complexity index is 1070. The highest BCUT2D eigenvalue weighted by atomic mass is 31.3. The van der Waals surface area contributed by atoms with Crippen LogP contribution in [0.3, 0.4) is 0 Å². The van der Waals surface area contributed by atoms with Crippen LogP contribution < -0.4 is 15.5 Å². The van der Waals surface area contributed by atoms with E-state index in [1.807, 2.05) is 0 Å². The molecule has 5 N–H and O–H groups in total. The zero-order valence-electron chi connectivity index (χ0n) is 14.5. The lowest BCUT2D eigenvalue weighted by molar-refractivity contribution is -0.334. The number of nitrogens with zero attached hydrogens (tertiary/aromatic N) is 4. The molecular weight excluding hydrogens is 475 g/mol. The highest BCUT2D eigenvalue weighted by Gasteiger charge is 2.40. The summed E-state index contributed by atoms with van der Waals surface area (Å²) >= 11 is 0. The summed E-state index contributed by atoms with van der Waals surface area (Å²) in [6, 6.07) is 0. The Morgan fingerprint density at radius 1 is 1.20 bits per heavy atom. The van der Waals surface area contributed by atoms with E-state index in [9.17, 15) is 33.5 Å². The molecule has 0 saturated carbocycles. The van der Waals surface area contributed by atoms with E-state index in [2.05, 4.69) is 28.1 Å². The second-order valence-corrected chi connectivity index (χ2v) is 10.2. The molecule has 1 saturated heterocycles. The molecule has 2 aromatic heterocycles. The number of anilines is 1. The van der Waals surface area contributed by atoms with Gasteiger partial charge in [-0.1, -0.05) is 0 Å². The zero-order valence-corrected chi connectivity index (χ0v) is 17.2. The number of phosphoric ester groups is 1. The smallest absolute Gasteiger partial charge is 0.484 e. The summed E-state index contributed by atoms with van der Waals surface area (Å²) in [5.41, 5.74) is 6.28. The van der Waals surface area contributed by atoms with Crippen LogP contribution in [0.5, 0.6) is 0 Å². The Hall–Kier alpha value is -1.32. The number of phosphoric acid groups is 3. The van der Waals surface area contributed by atoms with E-state index in [1.165, 1.54) is 17.2 Å². The van der Waals surface area contributed by atoms with Crippen molar-refractivity contribution < 1.29 is 56.3 Å². The van der Waals surface area contributed by atoms with E-state index in [0.717, 1.165) is 0 Å². The van der Waals surface area contributed by atoms with Crippen molar-refractivity contribution in [3.63, 3.8) is 0 Å². The number of hydrogen-bond donors (Lipinski definition) is 4. The second-order valence-electron chi connectivity index (χ2n) is 5.86. The van der Waals surface area contributed by atoms with Crippen molar-refractivity contribution in [1.29, 1.82) is 0 Å². The molecule has 168 valence electrons. The Morgan fingerprint density at radius 3 is 2.57 bits per heavy atom. The molecule has 5 atom stereocenters. The summed E-state index contributed by atoms with van der Waals surface area (Å²) in [5.74, 6) is 0.118. The molecule has 0 aromatic carbocycles. The minimum atomic E-state index is -6.00. The van der Waals surface area contributed by atoms with E-state index in [1.54, 1.807) is 0 Å². The van der Waals surface area contributed by atoms with Crippen LogP contribution in [-0.4, -0.2) is 53.2 Å². The van der Waals surface area contributed by atoms with Gasteiger partial charge < -0.3 is 39.7 Å². The van der Waals surface area contributed by atoms with Crippen molar-refractivity contribution in [3.8, 4) is 0 Å². The van der Waals surface area contributed by atoms with Gasteiger partial charge in [0.25, 0.3) is 0 Å². The van der Waals surface area contributed by atoms with Crippen molar-refractivity contribution >= 4 is 40.4 Å². The van der Waals surface area contributed by atoms with Crippen LogP contribution in [0, 0.1) is 0 Å². The van der Waals surface area contributed by atoms with Crippen LogP contribution in [0.15, 0.2) is 12.7 Å². The topological polar surface area (TPSA) is 265 Å². The molecular formula is C10H14N5O12P3-2. The normalized spacial score (nSPS) is 26.5. The lowest BCUT2D eigenvalue weighted by atomic mass is 10.2. The fourth-order valence-corrected chi connectivity index (χ4v) is 5.55. The third-order valence-electron chi connectivity index (χ3n) is 3.71. The zero-order chi connectivity index (χ0) is 22.3. The summed E-state index contributed by atoms with van der Waals surface area (Å²) in [6.45, 7) is -0.818. The first-order chi connectivity index (χ1) is 13.8. The van der Waals surface area contributed by atoms with Gasteiger partial charge >= 0.3 is 15.6 Å². The highest BCUT2D eigenvalue weighted by Crippen LogP contribution is 2.64. The number of nitrogens with two attached hydrogens (primary N) is 1. The average molecular weight is 489 g/mol. The minimum Gasteiger partial charge on any atom is -0.789 e. The minimum absolute atomic E-state index is 0.0167. The first-order valence-electron chi connectivity index (χ1n) is 7.78. The van der Waals surface area contributed by atoms with Gasteiger partial charge in [-0.3, -0.25) is 13.4 Å². The van der Waals surface area contributed by atoms with E-state index in [0.29, 0.717) is 5.65 Å². The number of aliphatic hydroxyl groups is 1. The Labute approximate surface area is 166 Å². The monoisotopic (exact) mass is 489 g/mol. The van der Waals surface area contributed by atoms with Gasteiger partial charge in [0.1, 0.15) is 24.2 Å². The first-order valence-corrected chi connectivity index (χ1v) is 12.2. The SMILES string of the molecule is Nc1ncnc2c1ncn2C1CC(O)C(COP(=O)(O)OP(=O)(O)OP(=O)([O-])[O-])O1. The van der Waals surface area contributed by atoms with Gasteiger partial charge in [0, 0.05) is 6.42 Å². The van der Waals surface area contributed by atoms with E-state index in [4.69, 9.17) is 15.4 Å². The molecule has 3 rings (SSSR count). The summed E-state index contributed by atoms with van der Waals surface area (Å²) in [4.78, 5) is 51.0. The van der Waals surface area contributed by atoms with Gasteiger partial charge in [0.2, 0.25) is 0 Å². The van der Waals surface area contributed by atoms with Gasteiger partial charge in [0.05, 0.1) is 26.9 Å². The molecule has 1 aliphatic heterocycles. The molecule has 20 heteroatoms. The predicted molar refractivity (Wildman–Crippen MR) is 89.6 cm³/mol. The third-order valence-corrected chi connectivity index (χ3v) is 7.46. The molecule has 5 unspecified atom stereocenters. The van der Waals surface area contributed by atoms with Gasteiger partial charge in [-0.2, -0.15) is 4.31 Å². The lowest BCUT2D eigenvalue weighted by Crippen LogP contribution is -2.26. The van der Waals surface area contributed by atoms with Gasteiger partial charge in [0.15, 0.2) is 11.5 Å². The fraction of sp³-hybridized carbons (Fsp3) is 0.500. The largest absolute Gasteiger partial charge is 0.789 e. The number of hydrogen-bond acceptors (Lipinski definition) is 14. The van der Waals surface area contributed by atoms with Gasteiger partial charge in [-0.25, -0.2) is 24.1 Å². The van der Waals surface area contributed by atoms with Crippen LogP contribution in [0.1, 0.15) is 12.6 Å². The molecule has 30 heavy (non-hydrogen) atoms. The van der Waals surface area contributed by atoms with Crippen molar-refractivity contribution in [2.75, 3.05) is 12.3 Å². The molecule has 0 bridgehead atoms. The standard InChI is InChI=1S/C10H16N5O12P3/c11-9-8-10(13-3-12-9)15(4-14-8)7-1-5(16)6(25-7)2-24-29(20,21)27-30(22,23)26-28(17,18)19/h3-7,16H,1-2H2,(H,20,21)(H,22,23)(H2,11,12,13)(H2,17,18,19)/p-2. The summed E-state index contributed by atoms with van der Waals surface area (Å²) in [7, 11) is -17.2. The number of rotatable bonds is 8. The lowest BCUT2D eigenvalue weighted by Gasteiger charge is -2.29. The van der Waals surface area contributed by atoms with E-state index >= 15 is 0 Å². The Balaban J connectivity index is 1.64. The Kier molecular flexibility index (Phi) is 6.47. The van der Waals surface area contributed by atoms with E-state index < -0.39 is 48.5 Å². The fourth-order valence-electron chi connectivity index (χ4n) is 2.58. The molecule has 1 aliphatic rings. The molecule has 17 nitrogen and oxygen atoms in total. The Morgan fingerprint density at radius 2 is 1.90 bits per heavy atom. The number of fused-ring (bicyclic) bond motifs is 1. The predicted octanol–water partition coefficient (Wildman–Crippen LogP) is -1.86. The molecule has 0 amide bonds. The van der Waals surface area contributed by atoms with Crippen LogP contribution in [0.2, 0.25) is 0 Å². The number of ether oxygens (including phenoxy) is 1. The summed E-state index contributed by atoms with van der Waals surface area (Å²) in [6.07, 6.45) is -0.742. The van der Waals surface area contributed by atoms with Crippen LogP contribution in [0.4, 0.5) is 5.82 Å². The number of nitrogen functional groups attached to an aromatic ring is 1. The van der Waals surface area contributed by atoms with E-state index in [-0.39, 0.29) is 17.8 Å². The van der Waals surface area contributed by atoms with Gasteiger partial charge in [-0.15, -0.1) is 0 Å². The number of aliphatic hydroxyl groups excluding tert-OH is 1. The molecule has 0 spiro atoms. The highest BCUT2D eigenvalue weighted by molar-refractivity contribution is 7.66. The average Bonchev–Trinajstić information content (AvgIpc) is 3.14. The van der Waals surface area contributed by atoms with Crippen LogP contribution >= 0.6 is 23.5 Å². The summed E-state index contributed by atoms with van der Waals surface area (Å²) in [5, 5.41) is 10.1. The molecule has 1 fully saturated rings. The maximum absolute atomic E-state index is 11.7. The van der Waals surface area contributed by atoms with Crippen molar-refractivity contribution in [2.24, 2.45) is 0 Å². The molecule has 0 aliphatic carbocycles. The van der Waals surface area contributed by atoms with Gasteiger partial charge in [-0.05, 0) is 0 Å². The molecule has 2 aromatic rings. The van der Waals surface area contributed by atoms with Crippen molar-refractivity contribution in [3.05, 3.63) is 12.7 Å². The molecule has 0 radical (unpaired) electrons. The van der Waals surface area contributed by atoms with Crippen molar-refractivity contribution in [1.82, 2.24) is 19.5 Å². The maximum Gasteiger partial charge on any atom is 0.484 e. The van der Waals surface area contributed by atoms with Crippen LogP contribution in [-0.2, 0) is 31.6 Å². The van der Waals surface area contributed by atoms with Crippen LogP contribution in [0.25, 0.3) is 11.2 Å². The third kappa shape index (κ3) is 5.68. The molecule has 3 heterocycles. The first kappa shape index (κ1) is 23.3. The quantitative estimate of drug-likeness (QED) is 0.296. The number of imidazole rings is 1. The maximum atomic E-state index is 11.7. The second kappa shape index (κ2) is 8.31. The number of aromatic nitrogens is 4. The summed E-state index contributed by atoms with van der Waals surface area (Å²) < 4.78 is 51.6.